The fraction of sp³-hybridized carbons (Fsp3) is 0.391. The molecule has 2 aromatic rings. The Balaban J connectivity index is 0.00000306. The van der Waals surface area contributed by atoms with E-state index in [4.69, 9.17) is 4.74 Å². The van der Waals surface area contributed by atoms with E-state index in [1.54, 1.807) is 11.9 Å². The predicted molar refractivity (Wildman–Crippen MR) is 136 cm³/mol. The molecule has 1 amide bonds. The van der Waals surface area contributed by atoms with Crippen molar-refractivity contribution in [3.63, 3.8) is 0 Å². The molecule has 0 aliphatic carbocycles. The van der Waals surface area contributed by atoms with Crippen molar-refractivity contribution in [1.82, 2.24) is 10.6 Å². The third-order valence-corrected chi connectivity index (χ3v) is 5.64. The Morgan fingerprint density at radius 1 is 1.24 bits per heavy atom. The summed E-state index contributed by atoms with van der Waals surface area (Å²) in [4.78, 5) is 17.4. The summed E-state index contributed by atoms with van der Waals surface area (Å²) in [5.74, 6) is 0.314. The monoisotopic (exact) mass is 571 g/mol. The number of hydrogen-bond acceptors (Lipinski definition) is 4. The number of carbonyl (C=O) groups is 1. The van der Waals surface area contributed by atoms with Crippen LogP contribution < -0.4 is 25.6 Å². The Hall–Kier alpha value is -2.63. The van der Waals surface area contributed by atoms with Gasteiger partial charge in [-0.1, -0.05) is 6.07 Å². The summed E-state index contributed by atoms with van der Waals surface area (Å²) in [5.41, 5.74) is 1.94. The number of rotatable bonds is 6. The van der Waals surface area contributed by atoms with Gasteiger partial charge < -0.3 is 25.6 Å². The lowest BCUT2D eigenvalue weighted by Gasteiger charge is -2.21. The van der Waals surface area contributed by atoms with Crippen LogP contribution in [0.4, 0.5) is 20.2 Å². The van der Waals surface area contributed by atoms with Crippen molar-refractivity contribution in [2.45, 2.75) is 25.3 Å². The van der Waals surface area contributed by atoms with Gasteiger partial charge in [0.1, 0.15) is 29.7 Å². The van der Waals surface area contributed by atoms with Crippen molar-refractivity contribution in [2.75, 3.05) is 43.5 Å². The molecule has 2 aliphatic rings. The first-order chi connectivity index (χ1) is 15.5. The second-order valence-electron chi connectivity index (χ2n) is 7.86. The number of ether oxygens (including phenoxy) is 1. The number of carbonyl (C=O) groups excluding carboxylic acids is 1. The molecule has 33 heavy (non-hydrogen) atoms. The second-order valence-corrected chi connectivity index (χ2v) is 7.86. The van der Waals surface area contributed by atoms with Crippen LogP contribution in [0.2, 0.25) is 0 Å². The van der Waals surface area contributed by atoms with Gasteiger partial charge in [0.05, 0.1) is 6.54 Å². The van der Waals surface area contributed by atoms with E-state index < -0.39 is 11.6 Å². The summed E-state index contributed by atoms with van der Waals surface area (Å²) in [6.07, 6.45) is 1.95. The number of amides is 1. The van der Waals surface area contributed by atoms with Crippen LogP contribution in [0.3, 0.4) is 0 Å². The number of hydrogen-bond donors (Lipinski definition) is 3. The zero-order chi connectivity index (χ0) is 22.5. The van der Waals surface area contributed by atoms with Gasteiger partial charge >= 0.3 is 0 Å². The third kappa shape index (κ3) is 6.24. The van der Waals surface area contributed by atoms with Gasteiger partial charge in [-0.2, -0.15) is 0 Å². The fourth-order valence-corrected chi connectivity index (χ4v) is 4.05. The van der Waals surface area contributed by atoms with E-state index in [1.807, 2.05) is 18.2 Å². The molecule has 2 aliphatic heterocycles. The van der Waals surface area contributed by atoms with Gasteiger partial charge in [-0.15, -0.1) is 24.0 Å². The zero-order valence-corrected chi connectivity index (χ0v) is 20.7. The smallest absolute Gasteiger partial charge is 0.224 e. The lowest BCUT2D eigenvalue weighted by Crippen LogP contribution is -2.45. The lowest BCUT2D eigenvalue weighted by molar-refractivity contribution is -0.116. The lowest BCUT2D eigenvalue weighted by atomic mass is 10.0. The van der Waals surface area contributed by atoms with Crippen LogP contribution >= 0.6 is 24.0 Å². The molecular weight excluding hydrogens is 543 g/mol. The minimum absolute atomic E-state index is 0. The number of aryl methyl sites for hydroxylation is 1. The molecule has 1 unspecified atom stereocenters. The van der Waals surface area contributed by atoms with E-state index in [2.05, 4.69) is 20.9 Å². The van der Waals surface area contributed by atoms with Crippen molar-refractivity contribution in [3.8, 4) is 5.75 Å². The molecule has 10 heteroatoms. The van der Waals surface area contributed by atoms with Crippen LogP contribution in [0.15, 0.2) is 41.4 Å². The fourth-order valence-electron chi connectivity index (χ4n) is 4.05. The van der Waals surface area contributed by atoms with E-state index in [1.165, 1.54) is 18.2 Å². The summed E-state index contributed by atoms with van der Waals surface area (Å²) in [7, 11) is 1.68. The minimum atomic E-state index is -0.546. The normalized spacial score (nSPS) is 17.7. The highest BCUT2D eigenvalue weighted by Gasteiger charge is 2.27. The molecule has 0 bridgehead atoms. The van der Waals surface area contributed by atoms with Crippen LogP contribution in [-0.2, 0) is 11.2 Å². The van der Waals surface area contributed by atoms with Crippen molar-refractivity contribution >= 4 is 47.2 Å². The van der Waals surface area contributed by atoms with Gasteiger partial charge in [0.2, 0.25) is 5.91 Å². The summed E-state index contributed by atoms with van der Waals surface area (Å²) in [6, 6.07) is 9.60. The van der Waals surface area contributed by atoms with Gasteiger partial charge in [0.25, 0.3) is 0 Å². The molecular formula is C23H28F2IN5O2. The average Bonchev–Trinajstić information content (AvgIpc) is 3.23. The molecule has 3 N–H and O–H groups in total. The van der Waals surface area contributed by atoms with Crippen molar-refractivity contribution in [1.29, 1.82) is 0 Å². The summed E-state index contributed by atoms with van der Waals surface area (Å²) in [5, 5.41) is 9.36. The number of nitrogens with one attached hydrogen (secondary N) is 3. The molecule has 4 rings (SSSR count). The summed E-state index contributed by atoms with van der Waals surface area (Å²) >= 11 is 0. The second kappa shape index (κ2) is 11.5. The number of fused-ring (bicyclic) bond motifs is 1. The first-order valence-electron chi connectivity index (χ1n) is 10.7. The van der Waals surface area contributed by atoms with Gasteiger partial charge in [0.15, 0.2) is 5.96 Å². The van der Waals surface area contributed by atoms with Crippen LogP contribution in [-0.4, -0.2) is 51.2 Å². The topological polar surface area (TPSA) is 78.0 Å². The van der Waals surface area contributed by atoms with E-state index >= 15 is 0 Å². The highest BCUT2D eigenvalue weighted by atomic mass is 127. The van der Waals surface area contributed by atoms with Crippen molar-refractivity contribution in [2.24, 2.45) is 4.99 Å². The van der Waals surface area contributed by atoms with Gasteiger partial charge in [-0.25, -0.2) is 8.78 Å². The Morgan fingerprint density at radius 2 is 2.03 bits per heavy atom. The zero-order valence-electron chi connectivity index (χ0n) is 18.4. The average molecular weight is 571 g/mol. The maximum absolute atomic E-state index is 14.0. The molecule has 2 aromatic carbocycles. The maximum atomic E-state index is 14.0. The van der Waals surface area contributed by atoms with Crippen LogP contribution in [0, 0.1) is 11.6 Å². The summed E-state index contributed by atoms with van der Waals surface area (Å²) in [6.45, 7) is 2.02. The van der Waals surface area contributed by atoms with Crippen LogP contribution in [0.1, 0.15) is 18.4 Å². The highest BCUT2D eigenvalue weighted by molar-refractivity contribution is 14.0. The molecule has 7 nitrogen and oxygen atoms in total. The largest absolute Gasteiger partial charge is 0.492 e. The first-order valence-corrected chi connectivity index (χ1v) is 10.7. The number of aliphatic imine (C=N–C) groups is 1. The summed E-state index contributed by atoms with van der Waals surface area (Å²) < 4.78 is 33.9. The van der Waals surface area contributed by atoms with Gasteiger partial charge in [0, 0.05) is 38.3 Å². The van der Waals surface area contributed by atoms with Crippen molar-refractivity contribution in [3.05, 3.63) is 53.6 Å². The first kappa shape index (κ1) is 25.0. The molecule has 178 valence electrons. The van der Waals surface area contributed by atoms with Gasteiger partial charge in [-0.05, 0) is 48.7 Å². The number of benzene rings is 2. The molecule has 1 saturated heterocycles. The van der Waals surface area contributed by atoms with E-state index in [9.17, 15) is 13.6 Å². The number of halogens is 3. The van der Waals surface area contributed by atoms with Gasteiger partial charge in [-0.3, -0.25) is 9.79 Å². The highest BCUT2D eigenvalue weighted by Crippen LogP contribution is 2.27. The third-order valence-electron chi connectivity index (χ3n) is 5.64. The van der Waals surface area contributed by atoms with E-state index in [0.717, 1.165) is 23.4 Å². The van der Waals surface area contributed by atoms with E-state index in [0.29, 0.717) is 45.0 Å². The molecule has 2 heterocycles. The molecule has 0 aromatic heterocycles. The molecule has 1 atom stereocenters. The standard InChI is InChI=1S/C23H27F2N5O2.HI/c1-26-23(28-16-9-11-30(14-16)22-18(24)3-2-4-19(22)25)27-10-12-32-17-6-7-20-15(13-17)5-8-21(31)29-20;/h2-4,6-7,13,16H,5,8-12,14H2,1H3,(H,29,31)(H2,26,27,28);1H. The molecule has 0 radical (unpaired) electrons. The Labute approximate surface area is 209 Å². The maximum Gasteiger partial charge on any atom is 0.224 e. The van der Waals surface area contributed by atoms with Crippen LogP contribution in [0.5, 0.6) is 5.75 Å². The number of para-hydroxylation sites is 1. The number of guanidine groups is 1. The SMILES string of the molecule is CN=C(NCCOc1ccc2c(c1)CCC(=O)N2)NC1CCN(c2c(F)cccc2F)C1.I. The minimum Gasteiger partial charge on any atom is -0.492 e. The quantitative estimate of drug-likeness (QED) is 0.215. The Bertz CT molecular complexity index is 1000. The van der Waals surface area contributed by atoms with E-state index in [-0.39, 0.29) is 41.6 Å². The number of nitrogens with zero attached hydrogens (tertiary/aromatic N) is 2. The molecule has 0 saturated carbocycles. The predicted octanol–water partition coefficient (Wildman–Crippen LogP) is 3.29. The molecule has 0 spiro atoms. The Kier molecular flexibility index (Phi) is 8.70. The Morgan fingerprint density at radius 3 is 2.79 bits per heavy atom. The van der Waals surface area contributed by atoms with Crippen LogP contribution in [0.25, 0.3) is 0 Å². The molecule has 1 fully saturated rings. The van der Waals surface area contributed by atoms with Crippen molar-refractivity contribution < 1.29 is 18.3 Å². The number of anilines is 2.